The monoisotopic (exact) mass is 897 g/mol. The van der Waals surface area contributed by atoms with Crippen molar-refractivity contribution in [1.82, 2.24) is 24.5 Å². The maximum atomic E-state index is 15.7. The minimum Gasteiger partial charge on any atom is -0.308 e. The minimum absolute atomic E-state index is 0.0545. The molecular formula is C59H34F3N7. The van der Waals surface area contributed by atoms with Crippen LogP contribution in [0.5, 0.6) is 0 Å². The average molecular weight is 898 g/mol. The summed E-state index contributed by atoms with van der Waals surface area (Å²) in [6.45, 7) is 0. The van der Waals surface area contributed by atoms with Gasteiger partial charge in [-0.05, 0) is 65.7 Å². The summed E-state index contributed by atoms with van der Waals surface area (Å²) in [5.74, 6) is 0.109. The van der Waals surface area contributed by atoms with Gasteiger partial charge >= 0.3 is 6.18 Å². The molecule has 0 aliphatic rings. The van der Waals surface area contributed by atoms with Crippen molar-refractivity contribution >= 4 is 21.8 Å². The predicted octanol–water partition coefficient (Wildman–Crippen LogP) is 14.8. The smallest absolute Gasteiger partial charge is 0.308 e. The number of benzene rings is 8. The van der Waals surface area contributed by atoms with Gasteiger partial charge in [-0.2, -0.15) is 23.7 Å². The summed E-state index contributed by atoms with van der Waals surface area (Å²) in [5.41, 5.74) is 8.01. The average Bonchev–Trinajstić information content (AvgIpc) is 3.74. The topological polar surface area (TPSA) is 104 Å². The van der Waals surface area contributed by atoms with E-state index in [1.54, 1.807) is 18.2 Å². The maximum Gasteiger partial charge on any atom is 0.416 e. The second kappa shape index (κ2) is 17.4. The predicted molar refractivity (Wildman–Crippen MR) is 264 cm³/mol. The van der Waals surface area contributed by atoms with Crippen LogP contribution in [0.3, 0.4) is 0 Å². The summed E-state index contributed by atoms with van der Waals surface area (Å²) in [6.07, 6.45) is -4.82. The Balaban J connectivity index is 1.29. The van der Waals surface area contributed by atoms with Crippen LogP contribution >= 0.6 is 0 Å². The Morgan fingerprint density at radius 3 is 1.29 bits per heavy atom. The SMILES string of the molecule is N#Cc1ccc(-c2ccc3c(c2)c2ccccc2n3-c2c(-c3nc(-c4ccccc4)cc(-c4ccccc4)n3)cc(C(F)(F)F)cc2-c2nc(-c3ccccc3)cc(-c3ccccc3)n2)c(C#N)c1. The summed E-state index contributed by atoms with van der Waals surface area (Å²) in [4.78, 5) is 20.5. The molecule has 3 aromatic heterocycles. The van der Waals surface area contributed by atoms with E-state index in [2.05, 4.69) is 12.1 Å². The molecule has 69 heavy (non-hydrogen) atoms. The summed E-state index contributed by atoms with van der Waals surface area (Å²) >= 11 is 0. The van der Waals surface area contributed by atoms with Crippen LogP contribution < -0.4 is 0 Å². The fourth-order valence-electron chi connectivity index (χ4n) is 8.88. The molecule has 0 aliphatic heterocycles. The third-order valence-electron chi connectivity index (χ3n) is 12.1. The van der Waals surface area contributed by atoms with Crippen LogP contribution in [0.1, 0.15) is 16.7 Å². The Morgan fingerprint density at radius 2 is 0.841 bits per heavy atom. The zero-order valence-electron chi connectivity index (χ0n) is 36.4. The molecule has 8 aromatic carbocycles. The lowest BCUT2D eigenvalue weighted by molar-refractivity contribution is -0.137. The van der Waals surface area contributed by atoms with Crippen LogP contribution in [0.15, 0.2) is 206 Å². The molecule has 0 fully saturated rings. The second-order valence-corrected chi connectivity index (χ2v) is 16.4. The zero-order valence-corrected chi connectivity index (χ0v) is 36.4. The minimum atomic E-state index is -4.82. The molecule has 11 aromatic rings. The molecule has 3 heterocycles. The van der Waals surface area contributed by atoms with Crippen molar-refractivity contribution in [3.8, 4) is 96.8 Å². The highest BCUT2D eigenvalue weighted by molar-refractivity contribution is 6.12. The van der Waals surface area contributed by atoms with E-state index in [0.717, 1.165) is 50.7 Å². The number of nitrogens with zero attached hydrogens (tertiary/aromatic N) is 7. The van der Waals surface area contributed by atoms with Gasteiger partial charge in [0.25, 0.3) is 0 Å². The van der Waals surface area contributed by atoms with Crippen molar-refractivity contribution in [3.05, 3.63) is 223 Å². The summed E-state index contributed by atoms with van der Waals surface area (Å²) < 4.78 is 49.1. The van der Waals surface area contributed by atoms with E-state index in [-0.39, 0.29) is 22.8 Å². The zero-order chi connectivity index (χ0) is 47.1. The number of hydrogen-bond acceptors (Lipinski definition) is 6. The molecule has 0 bridgehead atoms. The lowest BCUT2D eigenvalue weighted by Gasteiger charge is -2.21. The summed E-state index contributed by atoms with van der Waals surface area (Å²) in [7, 11) is 0. The van der Waals surface area contributed by atoms with Crippen molar-refractivity contribution in [3.63, 3.8) is 0 Å². The van der Waals surface area contributed by atoms with Crippen LogP contribution in [-0.2, 0) is 6.18 Å². The van der Waals surface area contributed by atoms with Gasteiger partial charge in [0.15, 0.2) is 11.6 Å². The fraction of sp³-hybridized carbons (Fsp3) is 0.0169. The van der Waals surface area contributed by atoms with Crippen molar-refractivity contribution in [2.45, 2.75) is 6.18 Å². The molecule has 0 saturated heterocycles. The Morgan fingerprint density at radius 1 is 0.391 bits per heavy atom. The molecular weight excluding hydrogens is 864 g/mol. The number of para-hydroxylation sites is 1. The number of rotatable bonds is 8. The van der Waals surface area contributed by atoms with Gasteiger partial charge in [-0.3, -0.25) is 0 Å². The molecule has 0 aliphatic carbocycles. The highest BCUT2D eigenvalue weighted by Gasteiger charge is 2.35. The molecule has 0 unspecified atom stereocenters. The van der Waals surface area contributed by atoms with Crippen LogP contribution in [0.4, 0.5) is 13.2 Å². The highest BCUT2D eigenvalue weighted by atomic mass is 19.4. The molecule has 7 nitrogen and oxygen atoms in total. The number of hydrogen-bond donors (Lipinski definition) is 0. The Hall–Kier alpha value is -9.51. The van der Waals surface area contributed by atoms with E-state index in [9.17, 15) is 10.5 Å². The molecule has 10 heteroatoms. The van der Waals surface area contributed by atoms with Crippen LogP contribution in [-0.4, -0.2) is 24.5 Å². The van der Waals surface area contributed by atoms with Gasteiger partial charge in [0.2, 0.25) is 0 Å². The number of alkyl halides is 3. The van der Waals surface area contributed by atoms with Crippen LogP contribution in [0, 0.1) is 22.7 Å². The standard InChI is InChI=1S/C59H34F3N7/c60-59(61,62)44-31-48(57-65-50(38-15-5-1-6-16-38)33-51(66-57)39-17-7-2-8-18-39)56(49(32-44)58-67-52(40-19-9-3-10-20-40)34-53(68-58)41-21-11-4-12-22-41)69-54-24-14-13-23-46(54)47-30-42(26-28-55(47)69)45-27-25-37(35-63)29-43(45)36-64/h1-34H. The lowest BCUT2D eigenvalue weighted by Crippen LogP contribution is -2.11. The molecule has 0 N–H and O–H groups in total. The van der Waals surface area contributed by atoms with Gasteiger partial charge in [0.05, 0.1) is 68.3 Å². The molecule has 0 spiro atoms. The first-order valence-corrected chi connectivity index (χ1v) is 22.0. The number of nitriles is 2. The molecule has 0 saturated carbocycles. The number of aromatic nitrogens is 5. The molecule has 0 amide bonds. The Bertz CT molecular complexity index is 3580. The quantitative estimate of drug-likeness (QED) is 0.150. The fourth-order valence-corrected chi connectivity index (χ4v) is 8.88. The van der Waals surface area contributed by atoms with Gasteiger partial charge in [-0.25, -0.2) is 19.9 Å². The van der Waals surface area contributed by atoms with E-state index in [4.69, 9.17) is 19.9 Å². The normalized spacial score (nSPS) is 11.4. The Labute approximate surface area is 394 Å². The van der Waals surface area contributed by atoms with Crippen molar-refractivity contribution in [1.29, 1.82) is 10.5 Å². The largest absolute Gasteiger partial charge is 0.416 e. The first-order valence-electron chi connectivity index (χ1n) is 22.0. The number of halogens is 3. The van der Waals surface area contributed by atoms with Crippen molar-refractivity contribution in [2.24, 2.45) is 0 Å². The van der Waals surface area contributed by atoms with Gasteiger partial charge in [0, 0.05) is 44.2 Å². The summed E-state index contributed by atoms with van der Waals surface area (Å²) in [6, 6.07) is 66.7. The second-order valence-electron chi connectivity index (χ2n) is 16.4. The van der Waals surface area contributed by atoms with Crippen LogP contribution in [0.25, 0.3) is 106 Å². The van der Waals surface area contributed by atoms with Gasteiger partial charge in [0.1, 0.15) is 0 Å². The van der Waals surface area contributed by atoms with Gasteiger partial charge in [-0.1, -0.05) is 152 Å². The van der Waals surface area contributed by atoms with E-state index in [0.29, 0.717) is 56.2 Å². The van der Waals surface area contributed by atoms with Gasteiger partial charge < -0.3 is 4.57 Å². The lowest BCUT2D eigenvalue weighted by atomic mass is 9.97. The highest BCUT2D eigenvalue weighted by Crippen LogP contribution is 2.45. The first-order chi connectivity index (χ1) is 33.7. The van der Waals surface area contributed by atoms with Gasteiger partial charge in [-0.15, -0.1) is 0 Å². The molecule has 11 rings (SSSR count). The van der Waals surface area contributed by atoms with Crippen LogP contribution in [0.2, 0.25) is 0 Å². The molecule has 0 radical (unpaired) electrons. The van der Waals surface area contributed by atoms with E-state index in [1.165, 1.54) is 0 Å². The third-order valence-corrected chi connectivity index (χ3v) is 12.1. The van der Waals surface area contributed by atoms with E-state index in [1.807, 2.05) is 180 Å². The molecule has 0 atom stereocenters. The van der Waals surface area contributed by atoms with Crippen molar-refractivity contribution < 1.29 is 13.2 Å². The summed E-state index contributed by atoms with van der Waals surface area (Å²) in [5, 5.41) is 21.4. The van der Waals surface area contributed by atoms with Crippen molar-refractivity contribution in [2.75, 3.05) is 0 Å². The van der Waals surface area contributed by atoms with E-state index < -0.39 is 11.7 Å². The Kier molecular flexibility index (Phi) is 10.6. The first kappa shape index (κ1) is 42.1. The molecule has 326 valence electrons. The number of fused-ring (bicyclic) bond motifs is 3. The maximum absolute atomic E-state index is 15.7. The third kappa shape index (κ3) is 7.92. The van der Waals surface area contributed by atoms with E-state index >= 15 is 13.2 Å².